The highest BCUT2D eigenvalue weighted by Gasteiger charge is 2.58. The van der Waals surface area contributed by atoms with Crippen molar-refractivity contribution in [2.24, 2.45) is 0 Å². The number of para-hydroxylation sites is 1. The van der Waals surface area contributed by atoms with E-state index in [0.29, 0.717) is 11.3 Å². The van der Waals surface area contributed by atoms with Gasteiger partial charge in [-0.1, -0.05) is 60.7 Å². The lowest BCUT2D eigenvalue weighted by atomic mass is 9.84. The van der Waals surface area contributed by atoms with Gasteiger partial charge >= 0.3 is 0 Å². The van der Waals surface area contributed by atoms with Gasteiger partial charge in [0.15, 0.2) is 5.78 Å². The first kappa shape index (κ1) is 20.0. The Morgan fingerprint density at radius 2 is 1.66 bits per heavy atom. The number of benzene rings is 3. The third-order valence-corrected chi connectivity index (χ3v) is 6.44. The molecule has 1 fully saturated rings. The molecule has 1 saturated heterocycles. The summed E-state index contributed by atoms with van der Waals surface area (Å²) in [6.07, 6.45) is 3.79. The molecule has 0 saturated carbocycles. The summed E-state index contributed by atoms with van der Waals surface area (Å²) in [6.45, 7) is 0. The molecule has 32 heavy (non-hydrogen) atoms. The van der Waals surface area contributed by atoms with Gasteiger partial charge in [-0.2, -0.15) is 0 Å². The number of nitrogens with zero attached hydrogens (tertiary/aromatic N) is 2. The van der Waals surface area contributed by atoms with Crippen molar-refractivity contribution in [3.63, 3.8) is 0 Å². The van der Waals surface area contributed by atoms with E-state index in [9.17, 15) is 14.9 Å². The SMILES string of the molecule is COc1ccc(C(=O)[C@@H]2[C@@H](c3ccccc3)[C@@H]([N+](=O)[O-])[C@@H]3C=Cc4ccccc4N23)cc1. The molecule has 5 rings (SSSR count). The number of hydrogen-bond acceptors (Lipinski definition) is 5. The van der Waals surface area contributed by atoms with Crippen molar-refractivity contribution in [1.82, 2.24) is 0 Å². The molecule has 0 spiro atoms. The van der Waals surface area contributed by atoms with Gasteiger partial charge in [0.2, 0.25) is 6.04 Å². The molecule has 6 heteroatoms. The molecule has 3 aromatic carbocycles. The van der Waals surface area contributed by atoms with Crippen LogP contribution in [0, 0.1) is 10.1 Å². The molecule has 160 valence electrons. The van der Waals surface area contributed by atoms with E-state index < -0.39 is 24.0 Å². The van der Waals surface area contributed by atoms with E-state index in [1.165, 1.54) is 0 Å². The maximum Gasteiger partial charge on any atom is 0.245 e. The topological polar surface area (TPSA) is 72.7 Å². The average Bonchev–Trinajstić information content (AvgIpc) is 3.20. The number of hydrogen-bond donors (Lipinski definition) is 0. The molecule has 0 N–H and O–H groups in total. The Balaban J connectivity index is 1.69. The molecule has 2 aliphatic rings. The fourth-order valence-corrected chi connectivity index (χ4v) is 5.03. The highest BCUT2D eigenvalue weighted by molar-refractivity contribution is 6.04. The normalized spacial score (nSPS) is 23.3. The number of methoxy groups -OCH3 is 1. The Labute approximate surface area is 185 Å². The lowest BCUT2D eigenvalue weighted by molar-refractivity contribution is -0.524. The summed E-state index contributed by atoms with van der Waals surface area (Å²) in [4.78, 5) is 28.0. The fourth-order valence-electron chi connectivity index (χ4n) is 5.03. The van der Waals surface area contributed by atoms with Crippen LogP contribution in [0.5, 0.6) is 5.75 Å². The van der Waals surface area contributed by atoms with E-state index in [0.717, 1.165) is 16.8 Å². The minimum Gasteiger partial charge on any atom is -0.497 e. The summed E-state index contributed by atoms with van der Waals surface area (Å²) >= 11 is 0. The standard InChI is InChI=1S/C26H22N2O4/c1-32-20-14-11-19(12-15-20)26(29)25-23(18-8-3-2-4-9-18)24(28(30)31)22-16-13-17-7-5-6-10-21(17)27(22)25/h2-16,22-25H,1H3/t22-,23-,24-,25-/m0/s1. The van der Waals surface area contributed by atoms with Gasteiger partial charge in [-0.15, -0.1) is 0 Å². The molecule has 0 amide bonds. The number of carbonyl (C=O) groups excluding carboxylic acids is 1. The van der Waals surface area contributed by atoms with Crippen LogP contribution in [-0.2, 0) is 0 Å². The number of ether oxygens (including phenoxy) is 1. The zero-order chi connectivity index (χ0) is 22.2. The molecule has 0 aliphatic carbocycles. The summed E-state index contributed by atoms with van der Waals surface area (Å²) in [6, 6.07) is 21.9. The van der Waals surface area contributed by atoms with Crippen LogP contribution in [0.3, 0.4) is 0 Å². The molecule has 2 aliphatic heterocycles. The summed E-state index contributed by atoms with van der Waals surface area (Å²) < 4.78 is 5.23. The third-order valence-electron chi connectivity index (χ3n) is 6.44. The fraction of sp³-hybridized carbons (Fsp3) is 0.192. The van der Waals surface area contributed by atoms with E-state index in [4.69, 9.17) is 4.74 Å². The summed E-state index contributed by atoms with van der Waals surface area (Å²) in [5.41, 5.74) is 3.09. The Morgan fingerprint density at radius 3 is 2.34 bits per heavy atom. The maximum atomic E-state index is 13.9. The first-order valence-corrected chi connectivity index (χ1v) is 10.5. The van der Waals surface area contributed by atoms with Gasteiger partial charge in [0.25, 0.3) is 0 Å². The molecule has 0 radical (unpaired) electrons. The lowest BCUT2D eigenvalue weighted by Crippen LogP contribution is -2.44. The second-order valence-corrected chi connectivity index (χ2v) is 8.07. The van der Waals surface area contributed by atoms with Crippen LogP contribution < -0.4 is 9.64 Å². The Morgan fingerprint density at radius 1 is 0.969 bits per heavy atom. The minimum absolute atomic E-state index is 0.138. The lowest BCUT2D eigenvalue weighted by Gasteiger charge is -2.34. The molecular weight excluding hydrogens is 404 g/mol. The monoisotopic (exact) mass is 426 g/mol. The number of rotatable bonds is 5. The van der Waals surface area contributed by atoms with Crippen LogP contribution in [-0.4, -0.2) is 35.9 Å². The molecule has 2 heterocycles. The zero-order valence-corrected chi connectivity index (χ0v) is 17.5. The van der Waals surface area contributed by atoms with Crippen molar-refractivity contribution >= 4 is 17.5 Å². The van der Waals surface area contributed by atoms with Gasteiger partial charge in [-0.25, -0.2) is 0 Å². The van der Waals surface area contributed by atoms with E-state index in [1.807, 2.05) is 71.6 Å². The number of carbonyl (C=O) groups is 1. The van der Waals surface area contributed by atoms with Crippen molar-refractivity contribution in [2.45, 2.75) is 24.0 Å². The van der Waals surface area contributed by atoms with Gasteiger partial charge < -0.3 is 9.64 Å². The van der Waals surface area contributed by atoms with Crippen LogP contribution >= 0.6 is 0 Å². The summed E-state index contributed by atoms with van der Waals surface area (Å²) in [5, 5.41) is 12.4. The largest absolute Gasteiger partial charge is 0.497 e. The third kappa shape index (κ3) is 3.15. The van der Waals surface area contributed by atoms with E-state index in [-0.39, 0.29) is 10.7 Å². The quantitative estimate of drug-likeness (QED) is 0.339. The predicted molar refractivity (Wildman–Crippen MR) is 123 cm³/mol. The van der Waals surface area contributed by atoms with E-state index >= 15 is 0 Å². The summed E-state index contributed by atoms with van der Waals surface area (Å²) in [7, 11) is 1.57. The van der Waals surface area contributed by atoms with Gasteiger partial charge in [0.05, 0.1) is 13.0 Å². The first-order chi connectivity index (χ1) is 15.6. The van der Waals surface area contributed by atoms with Gasteiger partial charge in [0, 0.05) is 16.2 Å². The van der Waals surface area contributed by atoms with Gasteiger partial charge in [-0.05, 0) is 41.5 Å². The van der Waals surface area contributed by atoms with Crippen LogP contribution in [0.2, 0.25) is 0 Å². The van der Waals surface area contributed by atoms with Crippen molar-refractivity contribution in [1.29, 1.82) is 0 Å². The van der Waals surface area contributed by atoms with Gasteiger partial charge in [-0.3, -0.25) is 14.9 Å². The maximum absolute atomic E-state index is 13.9. The smallest absolute Gasteiger partial charge is 0.245 e. The van der Waals surface area contributed by atoms with Crippen LogP contribution in [0.25, 0.3) is 6.08 Å². The van der Waals surface area contributed by atoms with Crippen molar-refractivity contribution in [3.8, 4) is 5.75 Å². The molecular formula is C26H22N2O4. The Hall–Kier alpha value is -3.93. The first-order valence-electron chi connectivity index (χ1n) is 10.5. The molecule has 0 bridgehead atoms. The second-order valence-electron chi connectivity index (χ2n) is 8.07. The van der Waals surface area contributed by atoms with Gasteiger partial charge in [0.1, 0.15) is 17.8 Å². The molecule has 0 unspecified atom stereocenters. The van der Waals surface area contributed by atoms with Crippen LogP contribution in [0.15, 0.2) is 84.9 Å². The molecule has 0 aromatic heterocycles. The number of ketones is 1. The average molecular weight is 426 g/mol. The number of anilines is 1. The number of fused-ring (bicyclic) bond motifs is 3. The Bertz CT molecular complexity index is 1190. The second kappa shape index (κ2) is 7.96. The Kier molecular flexibility index (Phi) is 4.98. The molecule has 4 atom stereocenters. The molecule has 3 aromatic rings. The van der Waals surface area contributed by atoms with Crippen LogP contribution in [0.1, 0.15) is 27.4 Å². The van der Waals surface area contributed by atoms with Crippen molar-refractivity contribution in [2.75, 3.05) is 12.0 Å². The highest BCUT2D eigenvalue weighted by Crippen LogP contribution is 2.46. The number of nitro groups is 1. The zero-order valence-electron chi connectivity index (χ0n) is 17.5. The van der Waals surface area contributed by atoms with Crippen LogP contribution in [0.4, 0.5) is 5.69 Å². The van der Waals surface area contributed by atoms with E-state index in [1.54, 1.807) is 31.4 Å². The summed E-state index contributed by atoms with van der Waals surface area (Å²) in [5.74, 6) is -0.0811. The predicted octanol–water partition coefficient (Wildman–Crippen LogP) is 4.59. The number of Topliss-reactive ketones (excluding diaryl/α,β-unsaturated/α-hetero) is 1. The van der Waals surface area contributed by atoms with E-state index in [2.05, 4.69) is 0 Å². The minimum atomic E-state index is -0.950. The molecule has 6 nitrogen and oxygen atoms in total. The van der Waals surface area contributed by atoms with Crippen molar-refractivity contribution in [3.05, 3.63) is 112 Å². The van der Waals surface area contributed by atoms with Crippen molar-refractivity contribution < 1.29 is 14.5 Å². The highest BCUT2D eigenvalue weighted by atomic mass is 16.6.